The molecule has 0 radical (unpaired) electrons. The number of likely N-dealkylation sites (tertiary alicyclic amines) is 1. The Bertz CT molecular complexity index is 1240. The molecule has 0 spiro atoms. The molecule has 180 valence electrons. The van der Waals surface area contributed by atoms with Crippen LogP contribution in [0.25, 0.3) is 22.2 Å². The van der Waals surface area contributed by atoms with E-state index in [1.165, 1.54) is 18.9 Å². The Morgan fingerprint density at radius 2 is 1.94 bits per heavy atom. The summed E-state index contributed by atoms with van der Waals surface area (Å²) < 4.78 is 28.2. The summed E-state index contributed by atoms with van der Waals surface area (Å²) >= 11 is 0. The largest absolute Gasteiger partial charge is 0.351 e. The van der Waals surface area contributed by atoms with E-state index in [0.717, 1.165) is 38.0 Å². The highest BCUT2D eigenvalue weighted by molar-refractivity contribution is 7.89. The van der Waals surface area contributed by atoms with Crippen LogP contribution >= 0.6 is 0 Å². The van der Waals surface area contributed by atoms with Gasteiger partial charge in [-0.2, -0.15) is 0 Å². The van der Waals surface area contributed by atoms with Crippen LogP contribution in [0.1, 0.15) is 43.0 Å². The van der Waals surface area contributed by atoms with Crippen LogP contribution in [0.2, 0.25) is 0 Å². The van der Waals surface area contributed by atoms with Gasteiger partial charge in [0.1, 0.15) is 0 Å². The maximum absolute atomic E-state index is 13.2. The number of benzene rings is 1. The van der Waals surface area contributed by atoms with Crippen molar-refractivity contribution in [3.63, 3.8) is 0 Å². The number of hydrogen-bond acceptors (Lipinski definition) is 6. The van der Waals surface area contributed by atoms with Gasteiger partial charge in [0.15, 0.2) is 0 Å². The lowest BCUT2D eigenvalue weighted by atomic mass is 10.0. The Morgan fingerprint density at radius 1 is 1.12 bits per heavy atom. The standard InChI is InChI=1S/C25H31N5O3S/c1-2-3-11-28-34(32,33)20-8-9-23-21(16-20)22(17-24(29-23)19-7-6-10-26-18-19)25(31)27-12-15-30-13-4-5-14-30/h6-10,16-18,28H,2-5,11-15H2,1H3,(H,27,31). The molecule has 1 fully saturated rings. The van der Waals surface area contributed by atoms with Crippen LogP contribution in [0.3, 0.4) is 0 Å². The topological polar surface area (TPSA) is 104 Å². The van der Waals surface area contributed by atoms with Crippen LogP contribution < -0.4 is 10.0 Å². The van der Waals surface area contributed by atoms with E-state index in [4.69, 9.17) is 0 Å². The molecule has 4 rings (SSSR count). The molecule has 2 N–H and O–H groups in total. The number of hydrogen-bond donors (Lipinski definition) is 2. The van der Waals surface area contributed by atoms with Crippen molar-refractivity contribution in [2.75, 3.05) is 32.7 Å². The lowest BCUT2D eigenvalue weighted by Crippen LogP contribution is -2.33. The zero-order valence-corrected chi connectivity index (χ0v) is 20.3. The molecule has 2 aromatic heterocycles. The van der Waals surface area contributed by atoms with Gasteiger partial charge in [-0.15, -0.1) is 0 Å². The predicted molar refractivity (Wildman–Crippen MR) is 133 cm³/mol. The number of rotatable bonds is 10. The van der Waals surface area contributed by atoms with E-state index < -0.39 is 10.0 Å². The van der Waals surface area contributed by atoms with Crippen molar-refractivity contribution in [1.29, 1.82) is 0 Å². The summed E-state index contributed by atoms with van der Waals surface area (Å²) in [5.74, 6) is -0.245. The number of carbonyl (C=O) groups is 1. The number of nitrogens with zero attached hydrogens (tertiary/aromatic N) is 3. The molecule has 8 nitrogen and oxygen atoms in total. The summed E-state index contributed by atoms with van der Waals surface area (Å²) in [6, 6.07) is 10.1. The van der Waals surface area contributed by atoms with Crippen molar-refractivity contribution in [3.05, 3.63) is 54.4 Å². The third kappa shape index (κ3) is 5.78. The number of aromatic nitrogens is 2. The fourth-order valence-electron chi connectivity index (χ4n) is 4.12. The third-order valence-corrected chi connectivity index (χ3v) is 7.49. The molecule has 0 unspecified atom stereocenters. The van der Waals surface area contributed by atoms with E-state index >= 15 is 0 Å². The molecular formula is C25H31N5O3S. The third-order valence-electron chi connectivity index (χ3n) is 6.03. The van der Waals surface area contributed by atoms with E-state index in [2.05, 4.69) is 24.9 Å². The normalized spacial score (nSPS) is 14.5. The summed E-state index contributed by atoms with van der Waals surface area (Å²) in [6.45, 7) is 5.83. The second-order valence-electron chi connectivity index (χ2n) is 8.53. The molecule has 0 saturated carbocycles. The highest BCUT2D eigenvalue weighted by Crippen LogP contribution is 2.27. The van der Waals surface area contributed by atoms with E-state index in [0.29, 0.717) is 35.2 Å². The van der Waals surface area contributed by atoms with Gasteiger partial charge < -0.3 is 10.2 Å². The first-order valence-electron chi connectivity index (χ1n) is 11.8. The summed E-state index contributed by atoms with van der Waals surface area (Å²) in [4.78, 5) is 24.5. The first-order valence-corrected chi connectivity index (χ1v) is 13.3. The minimum absolute atomic E-state index is 0.123. The highest BCUT2D eigenvalue weighted by Gasteiger charge is 2.19. The van der Waals surface area contributed by atoms with E-state index in [9.17, 15) is 13.2 Å². The smallest absolute Gasteiger partial charge is 0.252 e. The first kappa shape index (κ1) is 24.3. The first-order chi connectivity index (χ1) is 16.5. The van der Waals surface area contributed by atoms with Gasteiger partial charge in [-0.3, -0.25) is 9.78 Å². The Balaban J connectivity index is 1.68. The van der Waals surface area contributed by atoms with Crippen molar-refractivity contribution in [1.82, 2.24) is 24.9 Å². The van der Waals surface area contributed by atoms with Crippen molar-refractivity contribution in [2.45, 2.75) is 37.5 Å². The molecular weight excluding hydrogens is 450 g/mol. The van der Waals surface area contributed by atoms with Crippen LogP contribution in [-0.2, 0) is 10.0 Å². The Hall–Kier alpha value is -2.88. The Labute approximate surface area is 200 Å². The number of nitrogens with one attached hydrogen (secondary N) is 2. The van der Waals surface area contributed by atoms with E-state index in [-0.39, 0.29) is 10.8 Å². The molecule has 1 aromatic carbocycles. The molecule has 9 heteroatoms. The minimum atomic E-state index is -3.68. The molecule has 3 aromatic rings. The molecule has 0 atom stereocenters. The molecule has 0 bridgehead atoms. The number of fused-ring (bicyclic) bond motifs is 1. The molecule has 1 amide bonds. The zero-order chi connectivity index (χ0) is 24.0. The van der Waals surface area contributed by atoms with Gasteiger partial charge in [-0.05, 0) is 68.8 Å². The highest BCUT2D eigenvalue weighted by atomic mass is 32.2. The minimum Gasteiger partial charge on any atom is -0.351 e. The average molecular weight is 482 g/mol. The van der Waals surface area contributed by atoms with Gasteiger partial charge in [-0.1, -0.05) is 13.3 Å². The fourth-order valence-corrected chi connectivity index (χ4v) is 5.22. The molecule has 1 saturated heterocycles. The number of unbranched alkanes of at least 4 members (excludes halogenated alkanes) is 1. The zero-order valence-electron chi connectivity index (χ0n) is 19.5. The maximum Gasteiger partial charge on any atom is 0.252 e. The molecule has 1 aliphatic rings. The van der Waals surface area contributed by atoms with Crippen molar-refractivity contribution in [2.24, 2.45) is 0 Å². The van der Waals surface area contributed by atoms with Gasteiger partial charge in [0.05, 0.1) is 21.7 Å². The van der Waals surface area contributed by atoms with Crippen molar-refractivity contribution < 1.29 is 13.2 Å². The van der Waals surface area contributed by atoms with Crippen LogP contribution in [0, 0.1) is 0 Å². The van der Waals surface area contributed by atoms with Gasteiger partial charge in [0, 0.05) is 43.0 Å². The van der Waals surface area contributed by atoms with Crippen LogP contribution in [0.4, 0.5) is 0 Å². The molecule has 1 aliphatic heterocycles. The van der Waals surface area contributed by atoms with Gasteiger partial charge >= 0.3 is 0 Å². The average Bonchev–Trinajstić information content (AvgIpc) is 3.37. The summed E-state index contributed by atoms with van der Waals surface area (Å²) in [5.41, 5.74) is 2.35. The van der Waals surface area contributed by atoms with Gasteiger partial charge in [0.2, 0.25) is 10.0 Å². The lowest BCUT2D eigenvalue weighted by Gasteiger charge is -2.16. The monoisotopic (exact) mass is 481 g/mol. The van der Waals surface area contributed by atoms with E-state index in [1.54, 1.807) is 30.6 Å². The second kappa shape index (κ2) is 11.0. The molecule has 0 aliphatic carbocycles. The Kier molecular flexibility index (Phi) is 7.87. The Morgan fingerprint density at radius 3 is 2.68 bits per heavy atom. The summed E-state index contributed by atoms with van der Waals surface area (Å²) in [7, 11) is -3.68. The van der Waals surface area contributed by atoms with Gasteiger partial charge in [0.25, 0.3) is 5.91 Å². The SMILES string of the molecule is CCCCNS(=O)(=O)c1ccc2nc(-c3cccnc3)cc(C(=O)NCCN3CCCC3)c2c1. The molecule has 34 heavy (non-hydrogen) atoms. The predicted octanol–water partition coefficient (Wildman–Crippen LogP) is 3.20. The maximum atomic E-state index is 13.2. The van der Waals surface area contributed by atoms with Crippen LogP contribution in [0.15, 0.2) is 53.7 Å². The van der Waals surface area contributed by atoms with Crippen LogP contribution in [0.5, 0.6) is 0 Å². The van der Waals surface area contributed by atoms with Crippen molar-refractivity contribution >= 4 is 26.8 Å². The summed E-state index contributed by atoms with van der Waals surface area (Å²) in [6.07, 6.45) is 7.41. The number of sulfonamides is 1. The second-order valence-corrected chi connectivity index (χ2v) is 10.3. The van der Waals surface area contributed by atoms with E-state index in [1.807, 2.05) is 19.1 Å². The molecule has 3 heterocycles. The van der Waals surface area contributed by atoms with Crippen LogP contribution in [-0.4, -0.2) is 61.9 Å². The van der Waals surface area contributed by atoms with Gasteiger partial charge in [-0.25, -0.2) is 18.1 Å². The number of amides is 1. The summed E-state index contributed by atoms with van der Waals surface area (Å²) in [5, 5.41) is 3.51. The number of pyridine rings is 2. The van der Waals surface area contributed by atoms with Crippen molar-refractivity contribution in [3.8, 4) is 11.3 Å². The quantitative estimate of drug-likeness (QED) is 0.431. The fraction of sp³-hybridized carbons (Fsp3) is 0.400. The lowest BCUT2D eigenvalue weighted by molar-refractivity contribution is 0.0951. The number of carbonyl (C=O) groups excluding carboxylic acids is 1.